The summed E-state index contributed by atoms with van der Waals surface area (Å²) < 4.78 is 25.4. The summed E-state index contributed by atoms with van der Waals surface area (Å²) in [7, 11) is 1.56. The van der Waals surface area contributed by atoms with Crippen LogP contribution in [0.15, 0.2) is 78.5 Å². The van der Waals surface area contributed by atoms with Crippen LogP contribution in [0.25, 0.3) is 17.4 Å². The molecule has 0 saturated carbocycles. The Labute approximate surface area is 253 Å². The molecule has 0 bridgehead atoms. The van der Waals surface area contributed by atoms with Crippen molar-refractivity contribution in [1.29, 1.82) is 0 Å². The number of halogens is 2. The minimum absolute atomic E-state index is 0.184. The van der Waals surface area contributed by atoms with E-state index in [0.717, 1.165) is 10.0 Å². The first kappa shape index (κ1) is 28.9. The number of esters is 1. The maximum Gasteiger partial charge on any atom is 0.338 e. The van der Waals surface area contributed by atoms with E-state index < -0.39 is 12.0 Å². The van der Waals surface area contributed by atoms with Crippen LogP contribution in [0.1, 0.15) is 38.1 Å². The van der Waals surface area contributed by atoms with E-state index >= 15 is 0 Å². The van der Waals surface area contributed by atoms with Crippen molar-refractivity contribution in [2.45, 2.75) is 26.8 Å². The minimum Gasteiger partial charge on any atom is -0.493 e. The third-order valence-corrected chi connectivity index (χ3v) is 8.64. The zero-order valence-electron chi connectivity index (χ0n) is 22.7. The first-order valence-corrected chi connectivity index (χ1v) is 14.8. The van der Waals surface area contributed by atoms with Crippen LogP contribution >= 0.6 is 38.9 Å². The lowest BCUT2D eigenvalue weighted by Crippen LogP contribution is -2.39. The van der Waals surface area contributed by atoms with Crippen LogP contribution in [-0.4, -0.2) is 30.9 Å². The summed E-state index contributed by atoms with van der Waals surface area (Å²) in [5.41, 5.74) is 1.91. The van der Waals surface area contributed by atoms with E-state index in [1.807, 2.05) is 31.2 Å². The fourth-order valence-corrected chi connectivity index (χ4v) is 6.06. The first-order valence-electron chi connectivity index (χ1n) is 12.8. The lowest BCUT2D eigenvalue weighted by atomic mass is 9.95. The Morgan fingerprint density at radius 1 is 1.15 bits per heavy atom. The highest BCUT2D eigenvalue weighted by Gasteiger charge is 2.34. The molecule has 0 unspecified atom stereocenters. The molecule has 8 nitrogen and oxygen atoms in total. The minimum atomic E-state index is -0.783. The van der Waals surface area contributed by atoms with Gasteiger partial charge in [0.25, 0.3) is 5.56 Å². The smallest absolute Gasteiger partial charge is 0.338 e. The zero-order valence-corrected chi connectivity index (χ0v) is 25.9. The van der Waals surface area contributed by atoms with Crippen molar-refractivity contribution in [2.24, 2.45) is 4.99 Å². The monoisotopic (exact) mass is 656 g/mol. The van der Waals surface area contributed by atoms with Crippen molar-refractivity contribution in [3.8, 4) is 22.8 Å². The number of carbonyl (C=O) groups is 1. The molecule has 4 aromatic rings. The highest BCUT2D eigenvalue weighted by atomic mass is 79.9. The normalized spacial score (nSPS) is 15.0. The molecule has 11 heteroatoms. The fourth-order valence-electron chi connectivity index (χ4n) is 4.60. The summed E-state index contributed by atoms with van der Waals surface area (Å²) in [4.78, 5) is 32.2. The van der Waals surface area contributed by atoms with E-state index in [2.05, 4.69) is 20.9 Å². The van der Waals surface area contributed by atoms with Crippen LogP contribution in [-0.2, 0) is 9.53 Å². The van der Waals surface area contributed by atoms with Gasteiger partial charge in [0.15, 0.2) is 16.3 Å². The predicted molar refractivity (Wildman–Crippen MR) is 161 cm³/mol. The van der Waals surface area contributed by atoms with Gasteiger partial charge in [-0.3, -0.25) is 9.36 Å². The van der Waals surface area contributed by atoms with E-state index in [1.165, 1.54) is 15.9 Å². The molecule has 0 fully saturated rings. The summed E-state index contributed by atoms with van der Waals surface area (Å²) in [6.07, 6.45) is 1.67. The topological polar surface area (TPSA) is 92.3 Å². The standard InChI is InChI=1S/C30H26BrClN2O6S/c1-5-38-24-14-18(8-11-23(24)37-4)27-26(29(36)39-6-2)16(3)33-30-34(27)28(35)25(41-30)15-19-9-12-22(40-19)17-7-10-20(31)21(32)13-17/h7-15,27H,5-6H2,1-4H3/b25-15-/t27-/m1/s1. The molecule has 0 radical (unpaired) electrons. The van der Waals surface area contributed by atoms with Gasteiger partial charge in [0.1, 0.15) is 11.5 Å². The van der Waals surface area contributed by atoms with Gasteiger partial charge in [-0.1, -0.05) is 35.1 Å². The lowest BCUT2D eigenvalue weighted by molar-refractivity contribution is -0.139. The molecule has 0 amide bonds. The van der Waals surface area contributed by atoms with Gasteiger partial charge in [0.2, 0.25) is 0 Å². The van der Waals surface area contributed by atoms with E-state index in [9.17, 15) is 9.59 Å². The molecular weight excluding hydrogens is 632 g/mol. The second-order valence-corrected chi connectivity index (χ2v) is 11.2. The Morgan fingerprint density at radius 3 is 2.66 bits per heavy atom. The Bertz CT molecular complexity index is 1850. The van der Waals surface area contributed by atoms with Crippen molar-refractivity contribution in [1.82, 2.24) is 4.57 Å². The molecule has 2 aromatic heterocycles. The van der Waals surface area contributed by atoms with Crippen LogP contribution < -0.4 is 24.4 Å². The Hall–Kier alpha value is -3.60. The van der Waals surface area contributed by atoms with E-state index in [-0.39, 0.29) is 17.7 Å². The number of rotatable bonds is 8. The average molecular weight is 658 g/mol. The number of nitrogens with zero attached hydrogens (tertiary/aromatic N) is 2. The summed E-state index contributed by atoms with van der Waals surface area (Å²) in [6, 6.07) is 13.7. The number of carbonyl (C=O) groups excluding carboxylic acids is 1. The van der Waals surface area contributed by atoms with Crippen LogP contribution in [0, 0.1) is 0 Å². The maximum absolute atomic E-state index is 13.9. The third kappa shape index (κ3) is 5.64. The van der Waals surface area contributed by atoms with Gasteiger partial charge >= 0.3 is 5.97 Å². The molecule has 0 aliphatic carbocycles. The van der Waals surface area contributed by atoms with Gasteiger partial charge in [-0.05, 0) is 78.7 Å². The molecule has 3 heterocycles. The number of fused-ring (bicyclic) bond motifs is 1. The molecule has 0 N–H and O–H groups in total. The average Bonchev–Trinajstić information content (AvgIpc) is 3.54. The second kappa shape index (κ2) is 12.1. The van der Waals surface area contributed by atoms with E-state index in [1.54, 1.807) is 51.3 Å². The number of furan rings is 1. The Morgan fingerprint density at radius 2 is 1.95 bits per heavy atom. The van der Waals surface area contributed by atoms with Crippen molar-refractivity contribution in [3.63, 3.8) is 0 Å². The van der Waals surface area contributed by atoms with Crippen molar-refractivity contribution in [2.75, 3.05) is 20.3 Å². The molecule has 1 atom stereocenters. The lowest BCUT2D eigenvalue weighted by Gasteiger charge is -2.25. The first-order chi connectivity index (χ1) is 19.7. The molecule has 2 aromatic carbocycles. The van der Waals surface area contributed by atoms with Gasteiger partial charge in [-0.2, -0.15) is 0 Å². The molecular formula is C30H26BrClN2O6S. The van der Waals surface area contributed by atoms with E-state index in [0.29, 0.717) is 55.2 Å². The Kier molecular flexibility index (Phi) is 8.53. The number of aromatic nitrogens is 1. The van der Waals surface area contributed by atoms with Crippen LogP contribution in [0.5, 0.6) is 11.5 Å². The van der Waals surface area contributed by atoms with Gasteiger partial charge in [-0.25, -0.2) is 9.79 Å². The number of thiazole rings is 1. The molecule has 41 heavy (non-hydrogen) atoms. The third-order valence-electron chi connectivity index (χ3n) is 6.42. The van der Waals surface area contributed by atoms with Crippen LogP contribution in [0.3, 0.4) is 0 Å². The van der Waals surface area contributed by atoms with Crippen molar-refractivity contribution in [3.05, 3.63) is 100 Å². The van der Waals surface area contributed by atoms with E-state index in [4.69, 9.17) is 30.2 Å². The van der Waals surface area contributed by atoms with Gasteiger partial charge < -0.3 is 18.6 Å². The molecule has 212 valence electrons. The van der Waals surface area contributed by atoms with Crippen LogP contribution in [0.2, 0.25) is 5.02 Å². The molecule has 0 saturated heterocycles. The number of ether oxygens (including phenoxy) is 3. The highest BCUT2D eigenvalue weighted by Crippen LogP contribution is 2.36. The second-order valence-electron chi connectivity index (χ2n) is 8.98. The highest BCUT2D eigenvalue weighted by molar-refractivity contribution is 9.10. The number of allylic oxidation sites excluding steroid dienone is 1. The summed E-state index contributed by atoms with van der Waals surface area (Å²) >= 11 is 10.9. The summed E-state index contributed by atoms with van der Waals surface area (Å²) in [5, 5.41) is 0.563. The van der Waals surface area contributed by atoms with Gasteiger partial charge in [0, 0.05) is 16.1 Å². The molecule has 0 spiro atoms. The number of methoxy groups -OCH3 is 1. The van der Waals surface area contributed by atoms with Crippen molar-refractivity contribution >= 4 is 50.9 Å². The van der Waals surface area contributed by atoms with Crippen LogP contribution in [0.4, 0.5) is 0 Å². The summed E-state index contributed by atoms with van der Waals surface area (Å²) in [6.45, 7) is 5.95. The van der Waals surface area contributed by atoms with Gasteiger partial charge in [0.05, 0.1) is 47.2 Å². The quantitative estimate of drug-likeness (QED) is 0.220. The predicted octanol–water partition coefficient (Wildman–Crippen LogP) is 5.88. The largest absolute Gasteiger partial charge is 0.493 e. The number of hydrogen-bond acceptors (Lipinski definition) is 8. The SMILES string of the molecule is CCOC(=O)C1=C(C)N=c2s/c(=C\c3ccc(-c4ccc(Br)c(Cl)c4)o3)c(=O)n2[C@@H]1c1ccc(OC)c(OCC)c1. The fraction of sp³-hybridized carbons (Fsp3) is 0.233. The van der Waals surface area contributed by atoms with Gasteiger partial charge in [-0.15, -0.1) is 0 Å². The molecule has 5 rings (SSSR count). The number of hydrogen-bond donors (Lipinski definition) is 0. The zero-order chi connectivity index (χ0) is 29.3. The van der Waals surface area contributed by atoms with Crippen molar-refractivity contribution < 1.29 is 23.4 Å². The molecule has 1 aliphatic rings. The Balaban J connectivity index is 1.65. The maximum atomic E-state index is 13.9. The molecule has 1 aliphatic heterocycles. The number of benzene rings is 2. The summed E-state index contributed by atoms with van der Waals surface area (Å²) in [5.74, 6) is 1.61.